The van der Waals surface area contributed by atoms with Crippen LogP contribution in [0.4, 0.5) is 0 Å². The summed E-state index contributed by atoms with van der Waals surface area (Å²) >= 11 is 0. The summed E-state index contributed by atoms with van der Waals surface area (Å²) in [5.74, 6) is 0.0421. The number of aromatic amines is 1. The monoisotopic (exact) mass is 326 g/mol. The van der Waals surface area contributed by atoms with Crippen LogP contribution in [0.5, 0.6) is 0 Å². The minimum Gasteiger partial charge on any atom is -0.467 e. The molecule has 0 aliphatic heterocycles. The first kappa shape index (κ1) is 15.9. The van der Waals surface area contributed by atoms with Crippen molar-refractivity contribution < 1.29 is 18.7 Å². The largest absolute Gasteiger partial charge is 0.467 e. The van der Waals surface area contributed by atoms with Gasteiger partial charge in [-0.3, -0.25) is 4.79 Å². The van der Waals surface area contributed by atoms with E-state index in [0.29, 0.717) is 17.8 Å². The molecule has 0 spiro atoms. The zero-order valence-electron chi connectivity index (χ0n) is 13.5. The highest BCUT2D eigenvalue weighted by atomic mass is 16.5. The van der Waals surface area contributed by atoms with E-state index in [2.05, 4.69) is 4.98 Å². The maximum absolute atomic E-state index is 12.4. The van der Waals surface area contributed by atoms with Crippen molar-refractivity contribution in [3.05, 3.63) is 71.2 Å². The first-order valence-corrected chi connectivity index (χ1v) is 7.59. The van der Waals surface area contributed by atoms with Gasteiger partial charge in [-0.25, -0.2) is 4.79 Å². The minimum absolute atomic E-state index is 0.228. The van der Waals surface area contributed by atoms with E-state index in [1.54, 1.807) is 24.6 Å². The molecular weight excluding hydrogens is 308 g/mol. The molecule has 6 nitrogen and oxygen atoms in total. The van der Waals surface area contributed by atoms with Crippen LogP contribution in [0, 0.1) is 13.8 Å². The highest BCUT2D eigenvalue weighted by Gasteiger charge is 2.18. The van der Waals surface area contributed by atoms with Crippen molar-refractivity contribution in [3.63, 3.8) is 0 Å². The molecule has 24 heavy (non-hydrogen) atoms. The number of carbonyl (C=O) groups is 2. The van der Waals surface area contributed by atoms with Gasteiger partial charge in [-0.05, 0) is 44.2 Å². The summed E-state index contributed by atoms with van der Waals surface area (Å²) in [7, 11) is 0. The molecule has 3 aromatic heterocycles. The molecular formula is C18H18N2O4. The third-order valence-corrected chi connectivity index (χ3v) is 3.92. The average molecular weight is 326 g/mol. The molecule has 3 aromatic rings. The van der Waals surface area contributed by atoms with Crippen LogP contribution in [0.25, 0.3) is 0 Å². The van der Waals surface area contributed by atoms with Crippen molar-refractivity contribution in [2.45, 2.75) is 20.4 Å². The Bertz CT molecular complexity index is 842. The predicted molar refractivity (Wildman–Crippen MR) is 87.1 cm³/mol. The summed E-state index contributed by atoms with van der Waals surface area (Å²) in [6, 6.07) is 8.82. The summed E-state index contributed by atoms with van der Waals surface area (Å²) in [6.07, 6.45) is 3.25. The fourth-order valence-electron chi connectivity index (χ4n) is 2.63. The zero-order chi connectivity index (χ0) is 17.1. The number of nitrogens with zero attached hydrogens (tertiary/aromatic N) is 1. The van der Waals surface area contributed by atoms with Gasteiger partial charge in [-0.1, -0.05) is 0 Å². The number of esters is 1. The lowest BCUT2D eigenvalue weighted by Gasteiger charge is -2.08. The van der Waals surface area contributed by atoms with Gasteiger partial charge in [0.15, 0.2) is 6.61 Å². The number of H-pyrrole nitrogens is 1. The third kappa shape index (κ3) is 3.17. The molecule has 3 heterocycles. The van der Waals surface area contributed by atoms with E-state index in [-0.39, 0.29) is 12.4 Å². The normalized spacial score (nSPS) is 10.8. The Labute approximate surface area is 139 Å². The molecule has 0 bridgehead atoms. The lowest BCUT2D eigenvalue weighted by molar-refractivity contribution is 0.0469. The standard InChI is InChI=1S/C18H18N2O4/c1-12-9-15(13(2)20(12)10-14-5-4-8-23-14)17(21)11-24-18(22)16-6-3-7-19-16/h3-9,19H,10-11H2,1-2H3. The van der Waals surface area contributed by atoms with Gasteiger partial charge in [0.2, 0.25) is 5.78 Å². The number of rotatable bonds is 6. The van der Waals surface area contributed by atoms with Gasteiger partial charge in [0.1, 0.15) is 11.5 Å². The predicted octanol–water partition coefficient (Wildman–Crippen LogP) is 3.11. The third-order valence-electron chi connectivity index (χ3n) is 3.92. The van der Waals surface area contributed by atoms with E-state index in [1.807, 2.05) is 36.6 Å². The Morgan fingerprint density at radius 3 is 2.75 bits per heavy atom. The number of ketones is 1. The number of aryl methyl sites for hydroxylation is 1. The first-order chi connectivity index (χ1) is 11.6. The lowest BCUT2D eigenvalue weighted by atomic mass is 10.1. The van der Waals surface area contributed by atoms with E-state index in [0.717, 1.165) is 17.1 Å². The van der Waals surface area contributed by atoms with E-state index < -0.39 is 5.97 Å². The van der Waals surface area contributed by atoms with Crippen molar-refractivity contribution in [1.29, 1.82) is 0 Å². The van der Waals surface area contributed by atoms with Gasteiger partial charge < -0.3 is 18.7 Å². The number of Topliss-reactive ketones (excluding diaryl/α,β-unsaturated/α-hetero) is 1. The molecule has 0 aliphatic rings. The van der Waals surface area contributed by atoms with Crippen molar-refractivity contribution >= 4 is 11.8 Å². The topological polar surface area (TPSA) is 77.2 Å². The van der Waals surface area contributed by atoms with Crippen LogP contribution in [-0.2, 0) is 11.3 Å². The molecule has 0 aromatic carbocycles. The minimum atomic E-state index is -0.544. The second kappa shape index (κ2) is 6.62. The summed E-state index contributed by atoms with van der Waals surface area (Å²) in [5.41, 5.74) is 2.65. The Balaban J connectivity index is 1.70. The second-order valence-electron chi connectivity index (χ2n) is 5.53. The van der Waals surface area contributed by atoms with E-state index in [4.69, 9.17) is 9.15 Å². The zero-order valence-corrected chi connectivity index (χ0v) is 13.5. The Morgan fingerprint density at radius 1 is 1.25 bits per heavy atom. The lowest BCUT2D eigenvalue weighted by Crippen LogP contribution is -2.15. The molecule has 3 rings (SSSR count). The number of hydrogen-bond donors (Lipinski definition) is 1. The van der Waals surface area contributed by atoms with Crippen LogP contribution in [-0.4, -0.2) is 27.9 Å². The molecule has 0 atom stereocenters. The Morgan fingerprint density at radius 2 is 2.08 bits per heavy atom. The molecule has 6 heteroatoms. The fraction of sp³-hybridized carbons (Fsp3) is 0.222. The van der Waals surface area contributed by atoms with Gasteiger partial charge in [0.25, 0.3) is 0 Å². The molecule has 0 saturated heterocycles. The molecule has 0 radical (unpaired) electrons. The van der Waals surface area contributed by atoms with Crippen LogP contribution in [0.2, 0.25) is 0 Å². The van der Waals surface area contributed by atoms with Crippen molar-refractivity contribution in [2.75, 3.05) is 6.61 Å². The fourth-order valence-corrected chi connectivity index (χ4v) is 2.63. The average Bonchev–Trinajstić information content (AvgIpc) is 3.30. The summed E-state index contributed by atoms with van der Waals surface area (Å²) in [5, 5.41) is 0. The molecule has 0 fully saturated rings. The van der Waals surface area contributed by atoms with Crippen LogP contribution in [0.3, 0.4) is 0 Å². The van der Waals surface area contributed by atoms with Crippen molar-refractivity contribution in [3.8, 4) is 0 Å². The number of ether oxygens (including phenoxy) is 1. The Hall–Kier alpha value is -3.02. The van der Waals surface area contributed by atoms with Gasteiger partial charge >= 0.3 is 5.97 Å². The van der Waals surface area contributed by atoms with E-state index >= 15 is 0 Å². The number of aromatic nitrogens is 2. The van der Waals surface area contributed by atoms with Crippen LogP contribution >= 0.6 is 0 Å². The molecule has 124 valence electrons. The maximum atomic E-state index is 12.4. The van der Waals surface area contributed by atoms with E-state index in [9.17, 15) is 9.59 Å². The Kier molecular flexibility index (Phi) is 4.37. The number of furan rings is 1. The van der Waals surface area contributed by atoms with Crippen molar-refractivity contribution in [2.24, 2.45) is 0 Å². The van der Waals surface area contributed by atoms with Crippen LogP contribution in [0.15, 0.2) is 47.2 Å². The number of carbonyl (C=O) groups excluding carboxylic acids is 2. The molecule has 0 unspecified atom stereocenters. The number of hydrogen-bond acceptors (Lipinski definition) is 4. The highest BCUT2D eigenvalue weighted by molar-refractivity contribution is 6.00. The van der Waals surface area contributed by atoms with Gasteiger partial charge in [-0.2, -0.15) is 0 Å². The summed E-state index contributed by atoms with van der Waals surface area (Å²) < 4.78 is 12.4. The molecule has 0 amide bonds. The van der Waals surface area contributed by atoms with Crippen LogP contribution in [0.1, 0.15) is 38.0 Å². The number of nitrogens with one attached hydrogen (secondary N) is 1. The smallest absolute Gasteiger partial charge is 0.355 e. The highest BCUT2D eigenvalue weighted by Crippen LogP contribution is 2.18. The van der Waals surface area contributed by atoms with Crippen LogP contribution < -0.4 is 0 Å². The summed E-state index contributed by atoms with van der Waals surface area (Å²) in [4.78, 5) is 26.9. The van der Waals surface area contributed by atoms with Gasteiger partial charge in [0, 0.05) is 23.1 Å². The van der Waals surface area contributed by atoms with E-state index in [1.165, 1.54) is 0 Å². The second-order valence-corrected chi connectivity index (χ2v) is 5.53. The first-order valence-electron chi connectivity index (χ1n) is 7.59. The molecule has 1 N–H and O–H groups in total. The van der Waals surface area contributed by atoms with Gasteiger partial charge in [0.05, 0.1) is 12.8 Å². The van der Waals surface area contributed by atoms with Gasteiger partial charge in [-0.15, -0.1) is 0 Å². The maximum Gasteiger partial charge on any atom is 0.355 e. The SMILES string of the molecule is Cc1cc(C(=O)COC(=O)c2ccc[nH]2)c(C)n1Cc1ccco1. The van der Waals surface area contributed by atoms with Crippen molar-refractivity contribution in [1.82, 2.24) is 9.55 Å². The quantitative estimate of drug-likeness (QED) is 0.558. The molecule has 0 aliphatic carbocycles. The summed E-state index contributed by atoms with van der Waals surface area (Å²) in [6.45, 7) is 4.07. The molecule has 0 saturated carbocycles.